The summed E-state index contributed by atoms with van der Waals surface area (Å²) in [6.07, 6.45) is 8.10. The molecule has 0 aromatic rings. The molecule has 0 saturated carbocycles. The lowest BCUT2D eigenvalue weighted by Crippen LogP contribution is -1.96. The second-order valence-corrected chi connectivity index (χ2v) is 4.24. The minimum atomic E-state index is -0.693. The first-order valence-electron chi connectivity index (χ1n) is 6.81. The fourth-order valence-corrected chi connectivity index (χ4v) is 1.20. The van der Waals surface area contributed by atoms with Gasteiger partial charge in [0, 0.05) is 19.3 Å². The van der Waals surface area contributed by atoms with E-state index in [2.05, 4.69) is 13.8 Å². The van der Waals surface area contributed by atoms with Crippen LogP contribution in [0.1, 0.15) is 78.6 Å². The molecule has 0 spiro atoms. The van der Waals surface area contributed by atoms with Gasteiger partial charge in [-0.3, -0.25) is 9.59 Å². The summed E-state index contributed by atoms with van der Waals surface area (Å²) < 4.78 is 0. The molecule has 3 nitrogen and oxygen atoms in total. The molecule has 102 valence electrons. The van der Waals surface area contributed by atoms with Gasteiger partial charge < -0.3 is 5.11 Å². The highest BCUT2D eigenvalue weighted by Crippen LogP contribution is 2.02. The zero-order valence-corrected chi connectivity index (χ0v) is 11.6. The Morgan fingerprint density at radius 1 is 0.765 bits per heavy atom. The minimum Gasteiger partial charge on any atom is -0.481 e. The van der Waals surface area contributed by atoms with Crippen LogP contribution in [0.4, 0.5) is 0 Å². The van der Waals surface area contributed by atoms with Crippen LogP contribution in [0.3, 0.4) is 0 Å². The number of carbonyl (C=O) groups excluding carboxylic acids is 1. The van der Waals surface area contributed by atoms with Crippen molar-refractivity contribution in [2.45, 2.75) is 78.6 Å². The second-order valence-electron chi connectivity index (χ2n) is 4.24. The Labute approximate surface area is 106 Å². The fourth-order valence-electron chi connectivity index (χ4n) is 1.20. The average Bonchev–Trinajstić information content (AvgIpc) is 2.31. The largest absolute Gasteiger partial charge is 0.481 e. The molecule has 0 saturated heterocycles. The van der Waals surface area contributed by atoms with Crippen LogP contribution in [0.5, 0.6) is 0 Å². The van der Waals surface area contributed by atoms with Crippen LogP contribution in [0, 0.1) is 0 Å². The van der Waals surface area contributed by atoms with E-state index in [-0.39, 0.29) is 0 Å². The summed E-state index contributed by atoms with van der Waals surface area (Å²) in [7, 11) is 0. The molecule has 0 aliphatic carbocycles. The van der Waals surface area contributed by atoms with Gasteiger partial charge in [-0.1, -0.05) is 40.0 Å². The number of hydrogen-bond acceptors (Lipinski definition) is 2. The summed E-state index contributed by atoms with van der Waals surface area (Å²) in [4.78, 5) is 20.7. The van der Waals surface area contributed by atoms with Crippen LogP contribution in [0.15, 0.2) is 0 Å². The van der Waals surface area contributed by atoms with E-state index in [0.29, 0.717) is 12.2 Å². The number of hydrogen-bond donors (Lipinski definition) is 1. The summed E-state index contributed by atoms with van der Waals surface area (Å²) in [5.41, 5.74) is 0. The number of carboxylic acid groups (broad SMARTS) is 1. The molecule has 0 rings (SSSR count). The van der Waals surface area contributed by atoms with E-state index in [0.717, 1.165) is 51.4 Å². The summed E-state index contributed by atoms with van der Waals surface area (Å²) in [5, 5.41) is 8.04. The first kappa shape index (κ1) is 18.5. The molecule has 17 heavy (non-hydrogen) atoms. The molecular weight excluding hydrogens is 216 g/mol. The smallest absolute Gasteiger partial charge is 0.303 e. The van der Waals surface area contributed by atoms with Gasteiger partial charge in [0.1, 0.15) is 5.78 Å². The molecule has 0 fully saturated rings. The molecule has 0 radical (unpaired) electrons. The van der Waals surface area contributed by atoms with E-state index >= 15 is 0 Å². The van der Waals surface area contributed by atoms with Gasteiger partial charge in [-0.25, -0.2) is 0 Å². The van der Waals surface area contributed by atoms with E-state index in [1.54, 1.807) is 0 Å². The molecule has 0 amide bonds. The van der Waals surface area contributed by atoms with E-state index in [1.165, 1.54) is 0 Å². The van der Waals surface area contributed by atoms with Crippen molar-refractivity contribution >= 4 is 11.8 Å². The quantitative estimate of drug-likeness (QED) is 0.661. The van der Waals surface area contributed by atoms with Crippen molar-refractivity contribution in [1.82, 2.24) is 0 Å². The van der Waals surface area contributed by atoms with Crippen LogP contribution in [0.2, 0.25) is 0 Å². The van der Waals surface area contributed by atoms with Gasteiger partial charge in [0.25, 0.3) is 0 Å². The van der Waals surface area contributed by atoms with Crippen LogP contribution < -0.4 is 0 Å². The molecule has 3 heteroatoms. The van der Waals surface area contributed by atoms with Crippen molar-refractivity contribution in [3.05, 3.63) is 0 Å². The minimum absolute atomic E-state index is 0.316. The fraction of sp³-hybridized carbons (Fsp3) is 0.857. The zero-order valence-electron chi connectivity index (χ0n) is 11.6. The third kappa shape index (κ3) is 21.1. The van der Waals surface area contributed by atoms with Crippen molar-refractivity contribution < 1.29 is 14.7 Å². The van der Waals surface area contributed by atoms with Gasteiger partial charge in [0.2, 0.25) is 0 Å². The van der Waals surface area contributed by atoms with E-state index in [4.69, 9.17) is 5.11 Å². The molecule has 0 aromatic heterocycles. The van der Waals surface area contributed by atoms with E-state index in [1.807, 2.05) is 6.92 Å². The third-order valence-corrected chi connectivity index (χ3v) is 2.36. The number of carboxylic acids is 1. The van der Waals surface area contributed by atoms with Crippen LogP contribution >= 0.6 is 0 Å². The Hall–Kier alpha value is -0.860. The van der Waals surface area contributed by atoms with Crippen molar-refractivity contribution in [2.75, 3.05) is 0 Å². The monoisotopic (exact) mass is 244 g/mol. The summed E-state index contributed by atoms with van der Waals surface area (Å²) in [6, 6.07) is 0. The topological polar surface area (TPSA) is 54.4 Å². The Morgan fingerprint density at radius 2 is 1.12 bits per heavy atom. The zero-order chi connectivity index (χ0) is 13.5. The first-order valence-corrected chi connectivity index (χ1v) is 6.81. The maximum Gasteiger partial charge on any atom is 0.303 e. The maximum absolute atomic E-state index is 11.0. The summed E-state index contributed by atoms with van der Waals surface area (Å²) in [5.74, 6) is -0.245. The Kier molecular flexibility index (Phi) is 16.5. The standard InChI is InChI=1S/C9H18O.C5H10O2/c1-3-5-7-9(10)8-6-4-2;1-2-3-4-5(6)7/h3-8H2,1-2H3;2-4H2,1H3,(H,6,7). The summed E-state index contributed by atoms with van der Waals surface area (Å²) in [6.45, 7) is 6.21. The van der Waals surface area contributed by atoms with Crippen molar-refractivity contribution in [1.29, 1.82) is 0 Å². The molecule has 0 bridgehead atoms. The number of rotatable bonds is 9. The lowest BCUT2D eigenvalue weighted by molar-refractivity contribution is -0.137. The van der Waals surface area contributed by atoms with Gasteiger partial charge in [-0.15, -0.1) is 0 Å². The Bertz CT molecular complexity index is 178. The average molecular weight is 244 g/mol. The summed E-state index contributed by atoms with van der Waals surface area (Å²) >= 11 is 0. The normalized spacial score (nSPS) is 9.35. The van der Waals surface area contributed by atoms with Gasteiger partial charge in [-0.2, -0.15) is 0 Å². The molecule has 0 heterocycles. The Morgan fingerprint density at radius 3 is 1.35 bits per heavy atom. The molecule has 0 aliphatic heterocycles. The van der Waals surface area contributed by atoms with E-state index < -0.39 is 5.97 Å². The number of Topliss-reactive ketones (excluding diaryl/α,β-unsaturated/α-hetero) is 1. The predicted octanol–water partition coefficient (Wildman–Crippen LogP) is 4.20. The molecule has 1 N–H and O–H groups in total. The lowest BCUT2D eigenvalue weighted by Gasteiger charge is -1.96. The number of ketones is 1. The SMILES string of the molecule is CCCCC(=O)CCCC.CCCCC(=O)O. The lowest BCUT2D eigenvalue weighted by atomic mass is 10.1. The van der Waals surface area contributed by atoms with Gasteiger partial charge in [0.15, 0.2) is 0 Å². The molecule has 0 aromatic carbocycles. The highest BCUT2D eigenvalue weighted by Gasteiger charge is 1.98. The van der Waals surface area contributed by atoms with Crippen molar-refractivity contribution in [2.24, 2.45) is 0 Å². The molecule has 0 unspecified atom stereocenters. The van der Waals surface area contributed by atoms with Gasteiger partial charge in [-0.05, 0) is 19.3 Å². The highest BCUT2D eigenvalue weighted by atomic mass is 16.4. The van der Waals surface area contributed by atoms with Crippen LogP contribution in [-0.4, -0.2) is 16.9 Å². The van der Waals surface area contributed by atoms with Gasteiger partial charge in [0.05, 0.1) is 0 Å². The first-order chi connectivity index (χ1) is 8.08. The van der Waals surface area contributed by atoms with Crippen LogP contribution in [-0.2, 0) is 9.59 Å². The van der Waals surface area contributed by atoms with Gasteiger partial charge >= 0.3 is 5.97 Å². The Balaban J connectivity index is 0. The number of aliphatic carboxylic acids is 1. The van der Waals surface area contributed by atoms with Crippen LogP contribution in [0.25, 0.3) is 0 Å². The van der Waals surface area contributed by atoms with E-state index in [9.17, 15) is 9.59 Å². The maximum atomic E-state index is 11.0. The van der Waals surface area contributed by atoms with Crippen molar-refractivity contribution in [3.63, 3.8) is 0 Å². The molecular formula is C14H28O3. The number of carbonyl (C=O) groups is 2. The second kappa shape index (κ2) is 15.1. The highest BCUT2D eigenvalue weighted by molar-refractivity contribution is 5.78. The third-order valence-electron chi connectivity index (χ3n) is 2.36. The number of unbranched alkanes of at least 4 members (excludes halogenated alkanes) is 3. The molecule has 0 aliphatic rings. The molecule has 0 atom stereocenters. The predicted molar refractivity (Wildman–Crippen MR) is 71.2 cm³/mol. The van der Waals surface area contributed by atoms with Crippen molar-refractivity contribution in [3.8, 4) is 0 Å².